The van der Waals surface area contributed by atoms with E-state index in [1.165, 1.54) is 31.4 Å². The summed E-state index contributed by atoms with van der Waals surface area (Å²) < 4.78 is 57.5. The lowest BCUT2D eigenvalue weighted by Crippen LogP contribution is -2.12. The summed E-state index contributed by atoms with van der Waals surface area (Å²) in [4.78, 5) is 13.1. The Morgan fingerprint density at radius 1 is 0.903 bits per heavy atom. The highest BCUT2D eigenvalue weighted by Crippen LogP contribution is 2.40. The summed E-state index contributed by atoms with van der Waals surface area (Å²) in [6.45, 7) is -0.0335. The van der Waals surface area contributed by atoms with E-state index in [1.54, 1.807) is 42.5 Å². The molecule has 0 radical (unpaired) electrons. The maximum absolute atomic E-state index is 13.6. The Morgan fingerprint density at radius 2 is 1.58 bits per heavy atom. The van der Waals surface area contributed by atoms with Gasteiger partial charge in [0.1, 0.15) is 17.9 Å². The quantitative estimate of drug-likeness (QED) is 0.389. The van der Waals surface area contributed by atoms with Crippen LogP contribution in [0.5, 0.6) is 11.5 Å². The molecular weight excluding hydrogens is 409 g/mol. The predicted octanol–water partition coefficient (Wildman–Crippen LogP) is 6.07. The fraction of sp³-hybridized carbons (Fsp3) is 0.125. The molecule has 0 unspecified atom stereocenters. The van der Waals surface area contributed by atoms with Crippen LogP contribution in [0.1, 0.15) is 11.1 Å². The van der Waals surface area contributed by atoms with Gasteiger partial charge in [-0.3, -0.25) is 4.79 Å². The number of halogens is 3. The Balaban J connectivity index is 1.86. The summed E-state index contributed by atoms with van der Waals surface area (Å²) in [6, 6.07) is 18.2. The maximum Gasteiger partial charge on any atom is 0.417 e. The molecule has 4 rings (SSSR count). The largest absolute Gasteiger partial charge is 0.497 e. The molecule has 0 aliphatic carbocycles. The molecule has 3 aromatic carbocycles. The number of methoxy groups -OCH3 is 1. The molecule has 4 nitrogen and oxygen atoms in total. The van der Waals surface area contributed by atoms with E-state index >= 15 is 0 Å². The Bertz CT molecular complexity index is 1270. The van der Waals surface area contributed by atoms with E-state index in [0.29, 0.717) is 11.3 Å². The zero-order chi connectivity index (χ0) is 22.0. The summed E-state index contributed by atoms with van der Waals surface area (Å²) in [6.07, 6.45) is -4.63. The smallest absolute Gasteiger partial charge is 0.417 e. The third-order valence-electron chi connectivity index (χ3n) is 4.78. The van der Waals surface area contributed by atoms with Crippen molar-refractivity contribution in [1.82, 2.24) is 0 Å². The number of para-hydroxylation sites is 1. The minimum Gasteiger partial charge on any atom is -0.497 e. The van der Waals surface area contributed by atoms with Gasteiger partial charge < -0.3 is 13.9 Å². The molecule has 0 aliphatic heterocycles. The lowest BCUT2D eigenvalue weighted by atomic mass is 10.0. The van der Waals surface area contributed by atoms with Crippen LogP contribution in [0.15, 0.2) is 82.0 Å². The van der Waals surface area contributed by atoms with Crippen molar-refractivity contribution in [2.75, 3.05) is 7.11 Å². The van der Waals surface area contributed by atoms with Crippen LogP contribution in [0.25, 0.3) is 22.3 Å². The molecule has 0 N–H and O–H groups in total. The SMILES string of the molecule is COc1ccc(COc2c(-c3ccccc3C(F)(F)F)oc3ccccc3c2=O)cc1. The maximum atomic E-state index is 13.6. The molecule has 0 aliphatic rings. The average molecular weight is 426 g/mol. The van der Waals surface area contributed by atoms with Crippen molar-refractivity contribution >= 4 is 11.0 Å². The third kappa shape index (κ3) is 4.12. The minimum atomic E-state index is -4.63. The van der Waals surface area contributed by atoms with Crippen LogP contribution in [-0.4, -0.2) is 7.11 Å². The van der Waals surface area contributed by atoms with Gasteiger partial charge in [0.25, 0.3) is 0 Å². The molecule has 158 valence electrons. The molecule has 0 atom stereocenters. The number of alkyl halides is 3. The molecule has 31 heavy (non-hydrogen) atoms. The molecule has 4 aromatic rings. The molecule has 7 heteroatoms. The first kappa shape index (κ1) is 20.5. The van der Waals surface area contributed by atoms with E-state index in [4.69, 9.17) is 13.9 Å². The fourth-order valence-electron chi connectivity index (χ4n) is 3.24. The first-order chi connectivity index (χ1) is 14.9. The zero-order valence-electron chi connectivity index (χ0n) is 16.4. The molecule has 0 amide bonds. The van der Waals surface area contributed by atoms with Crippen molar-refractivity contribution in [1.29, 1.82) is 0 Å². The lowest BCUT2D eigenvalue weighted by molar-refractivity contribution is -0.137. The molecular formula is C24H17F3O4. The Hall–Kier alpha value is -3.74. The lowest BCUT2D eigenvalue weighted by Gasteiger charge is -2.16. The van der Waals surface area contributed by atoms with E-state index in [9.17, 15) is 18.0 Å². The number of hydrogen-bond donors (Lipinski definition) is 0. The second kappa shape index (κ2) is 8.18. The first-order valence-electron chi connectivity index (χ1n) is 9.36. The second-order valence-corrected chi connectivity index (χ2v) is 6.77. The Labute approximate surface area is 175 Å². The molecule has 0 spiro atoms. The van der Waals surface area contributed by atoms with Crippen LogP contribution >= 0.6 is 0 Å². The number of fused-ring (bicyclic) bond motifs is 1. The topological polar surface area (TPSA) is 48.7 Å². The number of hydrogen-bond acceptors (Lipinski definition) is 4. The molecule has 1 aromatic heterocycles. The highest BCUT2D eigenvalue weighted by atomic mass is 19.4. The minimum absolute atomic E-state index is 0.0335. The highest BCUT2D eigenvalue weighted by molar-refractivity contribution is 5.82. The number of ether oxygens (including phenoxy) is 2. The van der Waals surface area contributed by atoms with Crippen LogP contribution in [-0.2, 0) is 12.8 Å². The van der Waals surface area contributed by atoms with Crippen LogP contribution in [0, 0.1) is 0 Å². The van der Waals surface area contributed by atoms with Crippen LogP contribution in [0.4, 0.5) is 13.2 Å². The van der Waals surface area contributed by atoms with Crippen molar-refractivity contribution in [2.24, 2.45) is 0 Å². The standard InChI is InChI=1S/C24H17F3O4/c1-29-16-12-10-15(11-13-16)14-30-23-21(28)18-7-3-5-9-20(18)31-22(23)17-6-2-4-8-19(17)24(25,26)27/h2-13H,14H2,1H3. The van der Waals surface area contributed by atoms with Crippen molar-refractivity contribution in [2.45, 2.75) is 12.8 Å². The van der Waals surface area contributed by atoms with E-state index in [-0.39, 0.29) is 34.6 Å². The van der Waals surface area contributed by atoms with Gasteiger partial charge in [-0.2, -0.15) is 13.2 Å². The summed E-state index contributed by atoms with van der Waals surface area (Å²) in [5, 5.41) is 0.223. The molecule has 0 bridgehead atoms. The van der Waals surface area contributed by atoms with Gasteiger partial charge in [-0.25, -0.2) is 0 Å². The van der Waals surface area contributed by atoms with Gasteiger partial charge in [0.05, 0.1) is 18.1 Å². The van der Waals surface area contributed by atoms with Crippen LogP contribution < -0.4 is 14.9 Å². The van der Waals surface area contributed by atoms with Crippen molar-refractivity contribution < 1.29 is 27.1 Å². The second-order valence-electron chi connectivity index (χ2n) is 6.77. The van der Waals surface area contributed by atoms with Gasteiger partial charge in [0.2, 0.25) is 11.2 Å². The van der Waals surface area contributed by atoms with Gasteiger partial charge in [-0.1, -0.05) is 42.5 Å². The summed E-state index contributed by atoms with van der Waals surface area (Å²) in [5.74, 6) is 0.116. The Morgan fingerprint density at radius 3 is 2.29 bits per heavy atom. The normalized spacial score (nSPS) is 11.5. The first-order valence-corrected chi connectivity index (χ1v) is 9.36. The third-order valence-corrected chi connectivity index (χ3v) is 4.78. The molecule has 0 saturated heterocycles. The van der Waals surface area contributed by atoms with Crippen molar-refractivity contribution in [3.05, 3.63) is 94.1 Å². The van der Waals surface area contributed by atoms with Gasteiger partial charge >= 0.3 is 6.18 Å². The van der Waals surface area contributed by atoms with Gasteiger partial charge in [0, 0.05) is 5.56 Å². The van der Waals surface area contributed by atoms with E-state index < -0.39 is 17.2 Å². The summed E-state index contributed by atoms with van der Waals surface area (Å²) in [7, 11) is 1.54. The van der Waals surface area contributed by atoms with E-state index in [1.807, 2.05) is 0 Å². The van der Waals surface area contributed by atoms with Gasteiger partial charge in [-0.15, -0.1) is 0 Å². The van der Waals surface area contributed by atoms with Crippen LogP contribution in [0.3, 0.4) is 0 Å². The predicted molar refractivity (Wildman–Crippen MR) is 110 cm³/mol. The zero-order valence-corrected chi connectivity index (χ0v) is 16.4. The average Bonchev–Trinajstić information content (AvgIpc) is 2.78. The van der Waals surface area contributed by atoms with Gasteiger partial charge in [-0.05, 0) is 35.9 Å². The Kier molecular flexibility index (Phi) is 5.42. The number of rotatable bonds is 5. The monoisotopic (exact) mass is 426 g/mol. The van der Waals surface area contributed by atoms with Gasteiger partial charge in [0.15, 0.2) is 5.76 Å². The van der Waals surface area contributed by atoms with E-state index in [2.05, 4.69) is 0 Å². The van der Waals surface area contributed by atoms with Crippen LogP contribution in [0.2, 0.25) is 0 Å². The molecule has 1 heterocycles. The highest BCUT2D eigenvalue weighted by Gasteiger charge is 2.35. The van der Waals surface area contributed by atoms with E-state index in [0.717, 1.165) is 6.07 Å². The van der Waals surface area contributed by atoms with Crippen molar-refractivity contribution in [3.63, 3.8) is 0 Å². The van der Waals surface area contributed by atoms with Crippen molar-refractivity contribution in [3.8, 4) is 22.8 Å². The number of benzene rings is 3. The molecule has 0 saturated carbocycles. The summed E-state index contributed by atoms with van der Waals surface area (Å²) >= 11 is 0. The molecule has 0 fully saturated rings. The fourth-order valence-corrected chi connectivity index (χ4v) is 3.24. The summed E-state index contributed by atoms with van der Waals surface area (Å²) in [5.41, 5.74) is -0.827.